The molecular weight excluding hydrogens is 293 g/mol. The van der Waals surface area contributed by atoms with E-state index < -0.39 is 17.8 Å². The zero-order chi connectivity index (χ0) is 14.8. The Bertz CT molecular complexity index is 476. The maximum Gasteiger partial charge on any atom is 0.434 e. The normalized spacial score (nSPS) is 19.6. The van der Waals surface area contributed by atoms with E-state index >= 15 is 0 Å². The van der Waals surface area contributed by atoms with Gasteiger partial charge in [0.25, 0.3) is 5.91 Å². The molecule has 8 heteroatoms. The van der Waals surface area contributed by atoms with Gasteiger partial charge >= 0.3 is 6.18 Å². The molecule has 0 bridgehead atoms. The Morgan fingerprint density at radius 3 is 3.00 bits per heavy atom. The van der Waals surface area contributed by atoms with Crippen molar-refractivity contribution in [2.45, 2.75) is 19.5 Å². The molecule has 0 aliphatic carbocycles. The molecule has 1 aliphatic heterocycles. The maximum atomic E-state index is 12.7. The van der Waals surface area contributed by atoms with Crippen LogP contribution < -0.4 is 0 Å². The SMILES string of the molecule is CCOC[C@@H]1CCN(C(=O)c2scnc2C(F)(F)F)C1. The summed E-state index contributed by atoms with van der Waals surface area (Å²) in [4.78, 5) is 16.5. The van der Waals surface area contributed by atoms with Crippen molar-refractivity contribution in [3.05, 3.63) is 16.1 Å². The van der Waals surface area contributed by atoms with Gasteiger partial charge in [-0.15, -0.1) is 11.3 Å². The minimum absolute atomic E-state index is 0.196. The van der Waals surface area contributed by atoms with E-state index in [9.17, 15) is 18.0 Å². The van der Waals surface area contributed by atoms with E-state index in [1.54, 1.807) is 0 Å². The number of nitrogens with zero attached hydrogens (tertiary/aromatic N) is 2. The molecule has 0 N–H and O–H groups in total. The fourth-order valence-electron chi connectivity index (χ4n) is 2.18. The van der Waals surface area contributed by atoms with Gasteiger partial charge in [0, 0.05) is 25.6 Å². The molecule has 2 heterocycles. The van der Waals surface area contributed by atoms with Crippen LogP contribution in [0.4, 0.5) is 13.2 Å². The van der Waals surface area contributed by atoms with E-state index in [0.29, 0.717) is 26.3 Å². The molecule has 4 nitrogen and oxygen atoms in total. The molecule has 0 spiro atoms. The topological polar surface area (TPSA) is 42.4 Å². The third kappa shape index (κ3) is 3.29. The number of hydrogen-bond acceptors (Lipinski definition) is 4. The Labute approximate surface area is 118 Å². The lowest BCUT2D eigenvalue weighted by Gasteiger charge is -2.16. The summed E-state index contributed by atoms with van der Waals surface area (Å²) in [6.07, 6.45) is -3.83. The summed E-state index contributed by atoms with van der Waals surface area (Å²) in [5, 5.41) is 0. The van der Waals surface area contributed by atoms with Gasteiger partial charge in [-0.3, -0.25) is 4.79 Å². The zero-order valence-corrected chi connectivity index (χ0v) is 11.8. The van der Waals surface area contributed by atoms with Crippen LogP contribution in [0.2, 0.25) is 0 Å². The minimum atomic E-state index is -4.59. The highest BCUT2D eigenvalue weighted by atomic mass is 32.1. The average molecular weight is 308 g/mol. The predicted octanol–water partition coefficient (Wildman–Crippen LogP) is 2.66. The second-order valence-corrected chi connectivity index (χ2v) is 5.45. The average Bonchev–Trinajstić information content (AvgIpc) is 3.03. The quantitative estimate of drug-likeness (QED) is 0.859. The molecule has 1 aromatic rings. The Morgan fingerprint density at radius 2 is 2.35 bits per heavy atom. The number of halogens is 3. The highest BCUT2D eigenvalue weighted by Gasteiger charge is 2.40. The number of ether oxygens (including phenoxy) is 1. The highest BCUT2D eigenvalue weighted by Crippen LogP contribution is 2.34. The first-order valence-electron chi connectivity index (χ1n) is 6.31. The fourth-order valence-corrected chi connectivity index (χ4v) is 2.95. The molecule has 1 aromatic heterocycles. The Morgan fingerprint density at radius 1 is 1.60 bits per heavy atom. The molecule has 0 unspecified atom stereocenters. The van der Waals surface area contributed by atoms with Gasteiger partial charge in [-0.05, 0) is 13.3 Å². The number of carbonyl (C=O) groups excluding carboxylic acids is 1. The van der Waals surface area contributed by atoms with E-state index in [1.807, 2.05) is 6.92 Å². The molecule has 0 saturated carbocycles. The van der Waals surface area contributed by atoms with Crippen LogP contribution in [-0.2, 0) is 10.9 Å². The largest absolute Gasteiger partial charge is 0.434 e. The molecule has 0 aromatic carbocycles. The number of hydrogen-bond donors (Lipinski definition) is 0. The van der Waals surface area contributed by atoms with E-state index in [4.69, 9.17) is 4.74 Å². The van der Waals surface area contributed by atoms with Crippen LogP contribution in [0.1, 0.15) is 28.7 Å². The van der Waals surface area contributed by atoms with Crippen molar-refractivity contribution in [2.24, 2.45) is 5.92 Å². The van der Waals surface area contributed by atoms with Gasteiger partial charge in [-0.25, -0.2) is 4.98 Å². The number of aromatic nitrogens is 1. The van der Waals surface area contributed by atoms with Crippen molar-refractivity contribution in [3.63, 3.8) is 0 Å². The number of rotatable bonds is 4. The highest BCUT2D eigenvalue weighted by molar-refractivity contribution is 7.11. The van der Waals surface area contributed by atoms with Gasteiger partial charge in [-0.2, -0.15) is 13.2 Å². The van der Waals surface area contributed by atoms with Gasteiger partial charge in [-0.1, -0.05) is 0 Å². The molecule has 20 heavy (non-hydrogen) atoms. The molecule has 1 amide bonds. The number of amides is 1. The van der Waals surface area contributed by atoms with Gasteiger partial charge in [0.05, 0.1) is 12.1 Å². The first-order valence-corrected chi connectivity index (χ1v) is 7.19. The van der Waals surface area contributed by atoms with Crippen LogP contribution in [0.5, 0.6) is 0 Å². The van der Waals surface area contributed by atoms with Gasteiger partial charge in [0.15, 0.2) is 5.69 Å². The van der Waals surface area contributed by atoms with Crippen LogP contribution in [0.25, 0.3) is 0 Å². The molecular formula is C12H15F3N2O2S. The van der Waals surface area contributed by atoms with E-state index in [1.165, 1.54) is 4.90 Å². The van der Waals surface area contributed by atoms with E-state index in [0.717, 1.165) is 23.3 Å². The first kappa shape index (κ1) is 15.2. The van der Waals surface area contributed by atoms with Crippen LogP contribution in [0.3, 0.4) is 0 Å². The lowest BCUT2D eigenvalue weighted by molar-refractivity contribution is -0.141. The number of carbonyl (C=O) groups is 1. The summed E-state index contributed by atoms with van der Waals surface area (Å²) in [5.74, 6) is -0.389. The first-order chi connectivity index (χ1) is 9.43. The Hall–Kier alpha value is -1.15. The van der Waals surface area contributed by atoms with Gasteiger partial charge in [0.1, 0.15) is 4.88 Å². The number of thiazole rings is 1. The van der Waals surface area contributed by atoms with Crippen LogP contribution in [-0.4, -0.2) is 42.1 Å². The molecule has 0 radical (unpaired) electrons. The zero-order valence-electron chi connectivity index (χ0n) is 10.9. The fraction of sp³-hybridized carbons (Fsp3) is 0.667. The Kier molecular flexibility index (Phi) is 4.64. The summed E-state index contributed by atoms with van der Waals surface area (Å²) < 4.78 is 43.5. The molecule has 1 fully saturated rings. The number of alkyl halides is 3. The van der Waals surface area contributed by atoms with Crippen molar-refractivity contribution in [2.75, 3.05) is 26.3 Å². The van der Waals surface area contributed by atoms with E-state index in [-0.39, 0.29) is 10.8 Å². The van der Waals surface area contributed by atoms with E-state index in [2.05, 4.69) is 4.98 Å². The standard InChI is InChI=1S/C12H15F3N2O2S/c1-2-19-6-8-3-4-17(5-8)11(18)9-10(12(13,14)15)16-7-20-9/h7-8H,2-6H2,1H3/t8-/m1/s1. The Balaban J connectivity index is 2.04. The predicted molar refractivity (Wildman–Crippen MR) is 67.6 cm³/mol. The summed E-state index contributed by atoms with van der Waals surface area (Å²) in [6.45, 7) is 3.91. The van der Waals surface area contributed by atoms with Gasteiger partial charge < -0.3 is 9.64 Å². The van der Waals surface area contributed by atoms with Crippen LogP contribution in [0.15, 0.2) is 5.51 Å². The second kappa shape index (κ2) is 6.09. The third-order valence-electron chi connectivity index (χ3n) is 3.16. The summed E-state index contributed by atoms with van der Waals surface area (Å²) in [6, 6.07) is 0. The number of likely N-dealkylation sites (tertiary alicyclic amines) is 1. The van der Waals surface area contributed by atoms with Crippen LogP contribution >= 0.6 is 11.3 Å². The van der Waals surface area contributed by atoms with Crippen molar-refractivity contribution in [1.29, 1.82) is 0 Å². The smallest absolute Gasteiger partial charge is 0.381 e. The van der Waals surface area contributed by atoms with Crippen molar-refractivity contribution >= 4 is 17.2 Å². The van der Waals surface area contributed by atoms with Gasteiger partial charge in [0.2, 0.25) is 0 Å². The van der Waals surface area contributed by atoms with Crippen molar-refractivity contribution in [1.82, 2.24) is 9.88 Å². The minimum Gasteiger partial charge on any atom is -0.381 e. The van der Waals surface area contributed by atoms with Crippen LogP contribution in [0, 0.1) is 5.92 Å². The lowest BCUT2D eigenvalue weighted by atomic mass is 10.1. The van der Waals surface area contributed by atoms with Crippen molar-refractivity contribution in [3.8, 4) is 0 Å². The maximum absolute atomic E-state index is 12.7. The third-order valence-corrected chi connectivity index (χ3v) is 3.98. The molecule has 1 atom stereocenters. The lowest BCUT2D eigenvalue weighted by Crippen LogP contribution is -2.30. The summed E-state index contributed by atoms with van der Waals surface area (Å²) in [7, 11) is 0. The monoisotopic (exact) mass is 308 g/mol. The molecule has 1 saturated heterocycles. The summed E-state index contributed by atoms with van der Waals surface area (Å²) in [5.41, 5.74) is -0.0233. The second-order valence-electron chi connectivity index (χ2n) is 4.59. The molecule has 112 valence electrons. The molecule has 2 rings (SSSR count). The van der Waals surface area contributed by atoms with Crippen molar-refractivity contribution < 1.29 is 22.7 Å². The summed E-state index contributed by atoms with van der Waals surface area (Å²) >= 11 is 0.737. The molecule has 1 aliphatic rings.